The average molecular weight is 388 g/mol. The lowest BCUT2D eigenvalue weighted by Gasteiger charge is -2.41. The van der Waals surface area contributed by atoms with E-state index < -0.39 is 5.60 Å². The summed E-state index contributed by atoms with van der Waals surface area (Å²) in [6.45, 7) is 4.44. The smallest absolute Gasteiger partial charge is 0.183 e. The molecule has 1 saturated carbocycles. The second kappa shape index (κ2) is 6.44. The van der Waals surface area contributed by atoms with Gasteiger partial charge in [0.25, 0.3) is 0 Å². The van der Waals surface area contributed by atoms with Crippen molar-refractivity contribution in [3.63, 3.8) is 0 Å². The van der Waals surface area contributed by atoms with Gasteiger partial charge in [-0.2, -0.15) is 5.10 Å². The van der Waals surface area contributed by atoms with Gasteiger partial charge in [0.1, 0.15) is 23.0 Å². The van der Waals surface area contributed by atoms with E-state index >= 15 is 0 Å². The Morgan fingerprint density at radius 1 is 1.25 bits per heavy atom. The molecule has 1 aliphatic rings. The summed E-state index contributed by atoms with van der Waals surface area (Å²) in [5.74, 6) is -0.0505. The SMILES string of the molecule is CC1(C)CCC(Cc2c(Cl)ncnc2Cl)C1(O)Cn1ncnc1S. The van der Waals surface area contributed by atoms with Gasteiger partial charge in [0.05, 0.1) is 12.1 Å². The molecule has 0 amide bonds. The van der Waals surface area contributed by atoms with Crippen molar-refractivity contribution in [1.82, 2.24) is 24.7 Å². The fourth-order valence-electron chi connectivity index (χ4n) is 3.54. The summed E-state index contributed by atoms with van der Waals surface area (Å²) in [7, 11) is 0. The first-order chi connectivity index (χ1) is 11.2. The van der Waals surface area contributed by atoms with Gasteiger partial charge in [-0.1, -0.05) is 37.0 Å². The molecule has 1 aliphatic carbocycles. The van der Waals surface area contributed by atoms with Crippen LogP contribution in [0.4, 0.5) is 0 Å². The molecule has 0 aliphatic heterocycles. The topological polar surface area (TPSA) is 76.7 Å². The maximum atomic E-state index is 11.6. The van der Waals surface area contributed by atoms with Crippen molar-refractivity contribution in [1.29, 1.82) is 0 Å². The minimum absolute atomic E-state index is 0.0505. The van der Waals surface area contributed by atoms with Crippen molar-refractivity contribution in [2.75, 3.05) is 0 Å². The second-order valence-electron chi connectivity index (χ2n) is 6.90. The van der Waals surface area contributed by atoms with Crippen LogP contribution in [0.25, 0.3) is 0 Å². The van der Waals surface area contributed by atoms with Crippen molar-refractivity contribution in [2.45, 2.75) is 50.4 Å². The molecule has 3 rings (SSSR count). The lowest BCUT2D eigenvalue weighted by Crippen LogP contribution is -2.49. The molecule has 2 aromatic rings. The van der Waals surface area contributed by atoms with Crippen molar-refractivity contribution in [3.8, 4) is 0 Å². The zero-order chi connectivity index (χ0) is 17.5. The number of aliphatic hydroxyl groups is 1. The average Bonchev–Trinajstić information content (AvgIpc) is 2.99. The standard InChI is InChI=1S/C15H19Cl2N5OS/c1-14(2)4-3-9(5-10-11(16)18-7-19-12(10)17)15(14,23)6-22-13(24)20-8-21-22/h7-9,23H,3-6H2,1-2H3,(H,20,21,24). The minimum atomic E-state index is -0.999. The van der Waals surface area contributed by atoms with Gasteiger partial charge < -0.3 is 5.11 Å². The molecule has 0 bridgehead atoms. The van der Waals surface area contributed by atoms with Crippen LogP contribution in [0.5, 0.6) is 0 Å². The van der Waals surface area contributed by atoms with E-state index in [1.807, 2.05) is 0 Å². The van der Waals surface area contributed by atoms with Crippen LogP contribution in [0.1, 0.15) is 32.3 Å². The molecule has 130 valence electrons. The Labute approximate surface area is 156 Å². The second-order valence-corrected chi connectivity index (χ2v) is 8.02. The van der Waals surface area contributed by atoms with Crippen molar-refractivity contribution in [2.24, 2.45) is 11.3 Å². The number of hydrogen-bond donors (Lipinski definition) is 2. The third kappa shape index (κ3) is 3.03. The van der Waals surface area contributed by atoms with Gasteiger partial charge >= 0.3 is 0 Å². The Hall–Kier alpha value is -0.890. The molecule has 0 saturated heterocycles. The Bertz CT molecular complexity index is 733. The molecule has 0 spiro atoms. The summed E-state index contributed by atoms with van der Waals surface area (Å²) in [6.07, 6.45) is 5.01. The highest BCUT2D eigenvalue weighted by molar-refractivity contribution is 7.80. The third-order valence-electron chi connectivity index (χ3n) is 5.24. The maximum absolute atomic E-state index is 11.6. The highest BCUT2D eigenvalue weighted by Crippen LogP contribution is 2.52. The molecule has 2 aromatic heterocycles. The van der Waals surface area contributed by atoms with Crippen LogP contribution in [0.2, 0.25) is 10.3 Å². The summed E-state index contributed by atoms with van der Waals surface area (Å²) in [5.41, 5.74) is -0.620. The molecule has 0 aromatic carbocycles. The van der Waals surface area contributed by atoms with E-state index in [1.165, 1.54) is 12.7 Å². The molecule has 24 heavy (non-hydrogen) atoms. The maximum Gasteiger partial charge on any atom is 0.183 e. The molecule has 0 radical (unpaired) electrons. The molecule has 2 heterocycles. The van der Waals surface area contributed by atoms with Crippen LogP contribution in [0.3, 0.4) is 0 Å². The van der Waals surface area contributed by atoms with E-state index in [-0.39, 0.29) is 11.3 Å². The van der Waals surface area contributed by atoms with E-state index in [1.54, 1.807) is 4.68 Å². The van der Waals surface area contributed by atoms with Crippen molar-refractivity contribution >= 4 is 35.8 Å². The van der Waals surface area contributed by atoms with Crippen LogP contribution < -0.4 is 0 Å². The zero-order valence-corrected chi connectivity index (χ0v) is 15.9. The van der Waals surface area contributed by atoms with Crippen LogP contribution in [-0.2, 0) is 13.0 Å². The van der Waals surface area contributed by atoms with E-state index in [4.69, 9.17) is 23.2 Å². The van der Waals surface area contributed by atoms with E-state index in [0.717, 1.165) is 12.8 Å². The number of thiol groups is 1. The zero-order valence-electron chi connectivity index (χ0n) is 13.4. The first-order valence-electron chi connectivity index (χ1n) is 7.68. The predicted molar refractivity (Wildman–Crippen MR) is 94.5 cm³/mol. The number of rotatable bonds is 4. The van der Waals surface area contributed by atoms with Gasteiger partial charge in [-0.25, -0.2) is 19.6 Å². The minimum Gasteiger partial charge on any atom is -0.387 e. The highest BCUT2D eigenvalue weighted by Gasteiger charge is 2.54. The van der Waals surface area contributed by atoms with Gasteiger partial charge in [-0.15, -0.1) is 12.6 Å². The fourth-order valence-corrected chi connectivity index (χ4v) is 4.18. The van der Waals surface area contributed by atoms with Crippen LogP contribution in [-0.4, -0.2) is 35.4 Å². The molecule has 2 unspecified atom stereocenters. The lowest BCUT2D eigenvalue weighted by molar-refractivity contribution is -0.0923. The summed E-state index contributed by atoms with van der Waals surface area (Å²) in [5, 5.41) is 16.9. The lowest BCUT2D eigenvalue weighted by atomic mass is 9.72. The van der Waals surface area contributed by atoms with E-state index in [0.29, 0.717) is 34.0 Å². The first-order valence-corrected chi connectivity index (χ1v) is 8.89. The van der Waals surface area contributed by atoms with Gasteiger partial charge in [-0.3, -0.25) is 0 Å². The Morgan fingerprint density at radius 3 is 2.50 bits per heavy atom. The van der Waals surface area contributed by atoms with Gasteiger partial charge in [-0.05, 0) is 30.6 Å². The van der Waals surface area contributed by atoms with E-state index in [2.05, 4.69) is 46.5 Å². The van der Waals surface area contributed by atoms with Crippen molar-refractivity contribution in [3.05, 3.63) is 28.5 Å². The number of hydrogen-bond acceptors (Lipinski definition) is 6. The third-order valence-corrected chi connectivity index (χ3v) is 6.24. The molecule has 1 N–H and O–H groups in total. The number of aromatic nitrogens is 5. The van der Waals surface area contributed by atoms with Crippen molar-refractivity contribution < 1.29 is 5.11 Å². The summed E-state index contributed by atoms with van der Waals surface area (Å²) in [6, 6.07) is 0. The van der Waals surface area contributed by atoms with E-state index in [9.17, 15) is 5.11 Å². The summed E-state index contributed by atoms with van der Waals surface area (Å²) in [4.78, 5) is 12.0. The Kier molecular flexibility index (Phi) is 4.81. The first kappa shape index (κ1) is 17.9. The van der Waals surface area contributed by atoms with Gasteiger partial charge in [0, 0.05) is 5.56 Å². The largest absolute Gasteiger partial charge is 0.387 e. The molecule has 9 heteroatoms. The number of nitrogens with zero attached hydrogens (tertiary/aromatic N) is 5. The Morgan fingerprint density at radius 2 is 1.92 bits per heavy atom. The van der Waals surface area contributed by atoms with Gasteiger partial charge in [0.2, 0.25) is 0 Å². The molecular weight excluding hydrogens is 369 g/mol. The van der Waals surface area contributed by atoms with Crippen LogP contribution >= 0.6 is 35.8 Å². The molecular formula is C15H19Cl2N5OS. The monoisotopic (exact) mass is 387 g/mol. The highest BCUT2D eigenvalue weighted by atomic mass is 35.5. The van der Waals surface area contributed by atoms with Crippen LogP contribution in [0.15, 0.2) is 17.8 Å². The Balaban J connectivity index is 1.93. The van der Waals surface area contributed by atoms with Crippen LogP contribution in [0, 0.1) is 11.3 Å². The summed E-state index contributed by atoms with van der Waals surface area (Å²) >= 11 is 16.7. The normalized spacial score (nSPS) is 26.0. The quantitative estimate of drug-likeness (QED) is 0.622. The predicted octanol–water partition coefficient (Wildman–Crippen LogP) is 3.07. The molecule has 6 nitrogen and oxygen atoms in total. The fraction of sp³-hybridized carbons (Fsp3) is 0.600. The van der Waals surface area contributed by atoms with Gasteiger partial charge in [0.15, 0.2) is 5.16 Å². The molecule has 2 atom stereocenters. The summed E-state index contributed by atoms with van der Waals surface area (Å²) < 4.78 is 1.62. The molecule has 1 fully saturated rings. The number of halogens is 2.